The molecule has 1 aliphatic heterocycles. The van der Waals surface area contributed by atoms with Crippen molar-refractivity contribution in [1.29, 1.82) is 0 Å². The fraction of sp³-hybridized carbons (Fsp3) is 0.417. The second kappa shape index (κ2) is 10.7. The molecule has 7 nitrogen and oxygen atoms in total. The SMILES string of the molecule is Cc1cnc(-c2cc(OCC3CCNCC3)cc(C(=O)NC(C)c3cnc(C(F)(F)F)nc3)c2)s1. The Balaban J connectivity index is 1.52. The Bertz CT molecular complexity index is 1160. The molecule has 3 aromatic rings. The summed E-state index contributed by atoms with van der Waals surface area (Å²) in [4.78, 5) is 25.3. The molecule has 0 aliphatic carbocycles. The molecule has 0 radical (unpaired) electrons. The summed E-state index contributed by atoms with van der Waals surface area (Å²) in [6.07, 6.45) is 1.36. The summed E-state index contributed by atoms with van der Waals surface area (Å²) >= 11 is 1.52. The molecule has 1 saturated heterocycles. The average Bonchev–Trinajstić information content (AvgIpc) is 3.29. The van der Waals surface area contributed by atoms with Gasteiger partial charge < -0.3 is 15.4 Å². The average molecular weight is 506 g/mol. The van der Waals surface area contributed by atoms with Crippen LogP contribution in [0.25, 0.3) is 10.6 Å². The van der Waals surface area contributed by atoms with Gasteiger partial charge in [-0.25, -0.2) is 15.0 Å². The van der Waals surface area contributed by atoms with Crippen LogP contribution in [0.5, 0.6) is 5.75 Å². The number of halogens is 3. The van der Waals surface area contributed by atoms with Crippen LogP contribution in [0.15, 0.2) is 36.8 Å². The summed E-state index contributed by atoms with van der Waals surface area (Å²) in [5.41, 5.74) is 1.50. The molecule has 1 amide bonds. The number of aromatic nitrogens is 3. The maximum absolute atomic E-state index is 13.1. The van der Waals surface area contributed by atoms with E-state index in [4.69, 9.17) is 4.74 Å². The number of carbonyl (C=O) groups is 1. The molecule has 0 saturated carbocycles. The van der Waals surface area contributed by atoms with Gasteiger partial charge in [0.2, 0.25) is 5.82 Å². The van der Waals surface area contributed by atoms with E-state index in [2.05, 4.69) is 25.6 Å². The minimum absolute atomic E-state index is 0.362. The number of amides is 1. The quantitative estimate of drug-likeness (QED) is 0.480. The number of benzene rings is 1. The zero-order chi connectivity index (χ0) is 25.0. The molecule has 2 N–H and O–H groups in total. The van der Waals surface area contributed by atoms with Gasteiger partial charge in [0.05, 0.1) is 12.6 Å². The number of ether oxygens (including phenoxy) is 1. The molecule has 186 valence electrons. The van der Waals surface area contributed by atoms with Crippen molar-refractivity contribution in [2.24, 2.45) is 5.92 Å². The third kappa shape index (κ3) is 6.55. The first-order chi connectivity index (χ1) is 16.7. The molecule has 0 spiro atoms. The van der Waals surface area contributed by atoms with Crippen LogP contribution >= 0.6 is 11.3 Å². The van der Waals surface area contributed by atoms with Crippen molar-refractivity contribution in [3.8, 4) is 16.3 Å². The van der Waals surface area contributed by atoms with Crippen molar-refractivity contribution < 1.29 is 22.7 Å². The lowest BCUT2D eigenvalue weighted by molar-refractivity contribution is -0.145. The van der Waals surface area contributed by atoms with Gasteiger partial charge in [-0.2, -0.15) is 13.2 Å². The van der Waals surface area contributed by atoms with E-state index in [1.165, 1.54) is 11.3 Å². The standard InChI is InChI=1S/C24H26F3N5O2S/c1-14-10-29-22(35-14)18-7-17(8-20(9-18)34-13-16-3-5-28-6-4-16)21(33)32-15(2)19-11-30-23(31-12-19)24(25,26)27/h7-12,15-16,28H,3-6,13H2,1-2H3,(H,32,33). The van der Waals surface area contributed by atoms with Gasteiger partial charge in [-0.1, -0.05) is 0 Å². The summed E-state index contributed by atoms with van der Waals surface area (Å²) in [7, 11) is 0. The van der Waals surface area contributed by atoms with Crippen LogP contribution in [-0.2, 0) is 6.18 Å². The summed E-state index contributed by atoms with van der Waals surface area (Å²) in [5.74, 6) is -0.593. The highest BCUT2D eigenvalue weighted by atomic mass is 32.1. The van der Waals surface area contributed by atoms with Crippen LogP contribution in [0, 0.1) is 12.8 Å². The predicted molar refractivity (Wildman–Crippen MR) is 126 cm³/mol. The molecule has 2 aromatic heterocycles. The normalized spacial score (nSPS) is 15.6. The number of carbonyl (C=O) groups excluding carboxylic acids is 1. The van der Waals surface area contributed by atoms with Crippen molar-refractivity contribution in [2.45, 2.75) is 38.9 Å². The van der Waals surface area contributed by atoms with Crippen LogP contribution in [-0.4, -0.2) is 40.6 Å². The molecule has 1 unspecified atom stereocenters. The summed E-state index contributed by atoms with van der Waals surface area (Å²) < 4.78 is 44.3. The summed E-state index contributed by atoms with van der Waals surface area (Å²) in [6.45, 7) is 6.10. The Labute approximate surface area is 205 Å². The van der Waals surface area contributed by atoms with Gasteiger partial charge in [-0.05, 0) is 63.9 Å². The Morgan fingerprint density at radius 2 is 1.89 bits per heavy atom. The van der Waals surface area contributed by atoms with Gasteiger partial charge >= 0.3 is 6.18 Å². The van der Waals surface area contributed by atoms with Gasteiger partial charge in [0.1, 0.15) is 10.8 Å². The van der Waals surface area contributed by atoms with Gasteiger partial charge in [-0.15, -0.1) is 11.3 Å². The molecule has 35 heavy (non-hydrogen) atoms. The number of aryl methyl sites for hydroxylation is 1. The number of rotatable bonds is 7. The van der Waals surface area contributed by atoms with Crippen molar-refractivity contribution >= 4 is 17.2 Å². The lowest BCUT2D eigenvalue weighted by Gasteiger charge is -2.23. The second-order valence-electron chi connectivity index (χ2n) is 8.56. The monoisotopic (exact) mass is 505 g/mol. The molecular weight excluding hydrogens is 479 g/mol. The Morgan fingerprint density at radius 1 is 1.17 bits per heavy atom. The van der Waals surface area contributed by atoms with E-state index in [0.717, 1.165) is 53.8 Å². The first-order valence-corrected chi connectivity index (χ1v) is 12.1. The smallest absolute Gasteiger partial charge is 0.451 e. The third-order valence-electron chi connectivity index (χ3n) is 5.75. The van der Waals surface area contributed by atoms with E-state index in [0.29, 0.717) is 29.4 Å². The maximum atomic E-state index is 13.1. The molecule has 3 heterocycles. The highest BCUT2D eigenvalue weighted by Crippen LogP contribution is 2.30. The minimum atomic E-state index is -4.62. The van der Waals surface area contributed by atoms with Crippen LogP contribution in [0.2, 0.25) is 0 Å². The van der Waals surface area contributed by atoms with Crippen molar-refractivity contribution in [1.82, 2.24) is 25.6 Å². The molecule has 1 fully saturated rings. The summed E-state index contributed by atoms with van der Waals surface area (Å²) in [5, 5.41) is 6.91. The van der Waals surface area contributed by atoms with E-state index >= 15 is 0 Å². The van der Waals surface area contributed by atoms with Crippen molar-refractivity contribution in [2.75, 3.05) is 19.7 Å². The first kappa shape index (κ1) is 25.1. The molecule has 1 aromatic carbocycles. The highest BCUT2D eigenvalue weighted by Gasteiger charge is 2.34. The zero-order valence-electron chi connectivity index (χ0n) is 19.4. The number of alkyl halides is 3. The van der Waals surface area contributed by atoms with Crippen molar-refractivity contribution in [3.05, 3.63) is 58.6 Å². The van der Waals surface area contributed by atoms with Crippen molar-refractivity contribution in [3.63, 3.8) is 0 Å². The van der Waals surface area contributed by atoms with Crippen LogP contribution in [0.4, 0.5) is 13.2 Å². The topological polar surface area (TPSA) is 89.0 Å². The number of hydrogen-bond donors (Lipinski definition) is 2. The minimum Gasteiger partial charge on any atom is -0.493 e. The molecule has 1 atom stereocenters. The van der Waals surface area contributed by atoms with E-state index in [1.54, 1.807) is 25.3 Å². The summed E-state index contributed by atoms with van der Waals surface area (Å²) in [6, 6.07) is 4.69. The highest BCUT2D eigenvalue weighted by molar-refractivity contribution is 7.14. The molecule has 1 aliphatic rings. The Morgan fingerprint density at radius 3 is 2.51 bits per heavy atom. The van der Waals surface area contributed by atoms with E-state index < -0.39 is 18.0 Å². The fourth-order valence-corrected chi connectivity index (χ4v) is 4.51. The fourth-order valence-electron chi connectivity index (χ4n) is 3.76. The predicted octanol–water partition coefficient (Wildman–Crippen LogP) is 4.80. The van der Waals surface area contributed by atoms with Gasteiger partial charge in [-0.3, -0.25) is 4.79 Å². The van der Waals surface area contributed by atoms with Crippen LogP contribution in [0.1, 0.15) is 52.4 Å². The number of nitrogens with one attached hydrogen (secondary N) is 2. The van der Waals surface area contributed by atoms with Gasteiger partial charge in [0.15, 0.2) is 0 Å². The third-order valence-corrected chi connectivity index (χ3v) is 6.72. The van der Waals surface area contributed by atoms with E-state index in [9.17, 15) is 18.0 Å². The number of nitrogens with zero attached hydrogens (tertiary/aromatic N) is 3. The van der Waals surface area contributed by atoms with E-state index in [1.807, 2.05) is 13.0 Å². The maximum Gasteiger partial charge on any atom is 0.451 e. The Kier molecular flexibility index (Phi) is 7.66. The molecule has 0 bridgehead atoms. The Hall–Kier alpha value is -3.05. The zero-order valence-corrected chi connectivity index (χ0v) is 20.2. The molecule has 11 heteroatoms. The lowest BCUT2D eigenvalue weighted by Crippen LogP contribution is -2.30. The largest absolute Gasteiger partial charge is 0.493 e. The number of thiazole rings is 1. The van der Waals surface area contributed by atoms with Crippen LogP contribution in [0.3, 0.4) is 0 Å². The van der Waals surface area contributed by atoms with Gasteiger partial charge in [0, 0.05) is 40.2 Å². The van der Waals surface area contributed by atoms with Crippen LogP contribution < -0.4 is 15.4 Å². The second-order valence-corrected chi connectivity index (χ2v) is 9.79. The lowest BCUT2D eigenvalue weighted by atomic mass is 9.99. The first-order valence-electron chi connectivity index (χ1n) is 11.3. The number of hydrogen-bond acceptors (Lipinski definition) is 7. The number of piperidine rings is 1. The van der Waals surface area contributed by atoms with E-state index in [-0.39, 0.29) is 5.91 Å². The molecular formula is C24H26F3N5O2S. The van der Waals surface area contributed by atoms with Gasteiger partial charge in [0.25, 0.3) is 5.91 Å². The molecule has 4 rings (SSSR count).